The van der Waals surface area contributed by atoms with Crippen molar-refractivity contribution in [1.82, 2.24) is 5.32 Å². The van der Waals surface area contributed by atoms with Gasteiger partial charge in [-0.15, -0.1) is 0 Å². The maximum Gasteiger partial charge on any atom is 0.177 e. The van der Waals surface area contributed by atoms with Crippen molar-refractivity contribution in [1.29, 1.82) is 0 Å². The Labute approximate surface area is 83.0 Å². The van der Waals surface area contributed by atoms with E-state index in [0.29, 0.717) is 6.54 Å². The standard InChI is InChI=1S/C10H15NOS/c1-10(2,3)11-6-9(12)8-4-5-13-7-8/h4-5,7,11H,6H2,1-3H3. The van der Waals surface area contributed by atoms with Crippen molar-refractivity contribution in [3.8, 4) is 0 Å². The van der Waals surface area contributed by atoms with Gasteiger partial charge in [0.1, 0.15) is 0 Å². The first kappa shape index (κ1) is 10.4. The molecule has 1 aromatic heterocycles. The Morgan fingerprint density at radius 2 is 2.23 bits per heavy atom. The van der Waals surface area contributed by atoms with Gasteiger partial charge in [-0.2, -0.15) is 11.3 Å². The fourth-order valence-corrected chi connectivity index (χ4v) is 1.53. The lowest BCUT2D eigenvalue weighted by Crippen LogP contribution is -2.39. The molecule has 0 radical (unpaired) electrons. The summed E-state index contributed by atoms with van der Waals surface area (Å²) in [6.45, 7) is 6.57. The quantitative estimate of drug-likeness (QED) is 0.753. The van der Waals surface area contributed by atoms with E-state index >= 15 is 0 Å². The number of carbonyl (C=O) groups excluding carboxylic acids is 1. The van der Waals surface area contributed by atoms with E-state index in [4.69, 9.17) is 0 Å². The monoisotopic (exact) mass is 197 g/mol. The van der Waals surface area contributed by atoms with Crippen molar-refractivity contribution in [3.05, 3.63) is 22.4 Å². The highest BCUT2D eigenvalue weighted by Gasteiger charge is 2.12. The molecule has 0 atom stereocenters. The molecule has 13 heavy (non-hydrogen) atoms. The van der Waals surface area contributed by atoms with Gasteiger partial charge in [0, 0.05) is 16.5 Å². The maximum atomic E-state index is 11.5. The van der Waals surface area contributed by atoms with Crippen LogP contribution in [0.3, 0.4) is 0 Å². The molecule has 1 rings (SSSR count). The van der Waals surface area contributed by atoms with Crippen molar-refractivity contribution in [2.45, 2.75) is 26.3 Å². The summed E-state index contributed by atoms with van der Waals surface area (Å²) >= 11 is 1.55. The van der Waals surface area contributed by atoms with Crippen LogP contribution in [0.15, 0.2) is 16.8 Å². The van der Waals surface area contributed by atoms with Gasteiger partial charge in [0.25, 0.3) is 0 Å². The highest BCUT2D eigenvalue weighted by molar-refractivity contribution is 7.08. The van der Waals surface area contributed by atoms with Crippen LogP contribution in [0.4, 0.5) is 0 Å². The zero-order chi connectivity index (χ0) is 9.90. The molecule has 0 amide bonds. The van der Waals surface area contributed by atoms with Gasteiger partial charge in [0.05, 0.1) is 6.54 Å². The van der Waals surface area contributed by atoms with E-state index in [1.165, 1.54) is 0 Å². The Balaban J connectivity index is 2.44. The number of hydrogen-bond donors (Lipinski definition) is 1. The molecule has 72 valence electrons. The Morgan fingerprint density at radius 1 is 1.54 bits per heavy atom. The van der Waals surface area contributed by atoms with Gasteiger partial charge in [-0.25, -0.2) is 0 Å². The largest absolute Gasteiger partial charge is 0.305 e. The summed E-state index contributed by atoms with van der Waals surface area (Å²) in [5.41, 5.74) is 0.813. The molecule has 0 saturated carbocycles. The molecule has 3 heteroatoms. The molecule has 0 aliphatic carbocycles. The molecule has 0 aliphatic rings. The van der Waals surface area contributed by atoms with Crippen LogP contribution < -0.4 is 5.32 Å². The first-order valence-corrected chi connectivity index (χ1v) is 5.24. The highest BCUT2D eigenvalue weighted by Crippen LogP contribution is 2.07. The summed E-state index contributed by atoms with van der Waals surface area (Å²) < 4.78 is 0. The molecule has 1 N–H and O–H groups in total. The van der Waals surface area contributed by atoms with Gasteiger partial charge >= 0.3 is 0 Å². The van der Waals surface area contributed by atoms with E-state index in [1.807, 2.05) is 37.6 Å². The molecule has 0 spiro atoms. The minimum Gasteiger partial charge on any atom is -0.305 e. The molecular weight excluding hydrogens is 182 g/mol. The number of rotatable bonds is 3. The van der Waals surface area contributed by atoms with Crippen LogP contribution in [-0.2, 0) is 0 Å². The molecule has 1 heterocycles. The fourth-order valence-electron chi connectivity index (χ4n) is 0.871. The molecule has 2 nitrogen and oxygen atoms in total. The van der Waals surface area contributed by atoms with E-state index in [0.717, 1.165) is 5.56 Å². The number of nitrogens with one attached hydrogen (secondary N) is 1. The van der Waals surface area contributed by atoms with Gasteiger partial charge in [0.2, 0.25) is 0 Å². The second-order valence-corrected chi connectivity index (χ2v) is 4.82. The zero-order valence-electron chi connectivity index (χ0n) is 8.26. The van der Waals surface area contributed by atoms with Gasteiger partial charge in [0.15, 0.2) is 5.78 Å². The van der Waals surface area contributed by atoms with E-state index in [9.17, 15) is 4.79 Å². The lowest BCUT2D eigenvalue weighted by molar-refractivity contribution is 0.0982. The SMILES string of the molecule is CC(C)(C)NCC(=O)c1ccsc1. The summed E-state index contributed by atoms with van der Waals surface area (Å²) in [4.78, 5) is 11.5. The average molecular weight is 197 g/mol. The lowest BCUT2D eigenvalue weighted by Gasteiger charge is -2.19. The van der Waals surface area contributed by atoms with Crippen molar-refractivity contribution < 1.29 is 4.79 Å². The third-order valence-corrected chi connectivity index (χ3v) is 2.31. The number of hydrogen-bond acceptors (Lipinski definition) is 3. The van der Waals surface area contributed by atoms with Gasteiger partial charge in [-0.05, 0) is 32.2 Å². The molecular formula is C10H15NOS. The second kappa shape index (κ2) is 4.03. The first-order chi connectivity index (χ1) is 5.99. The minimum atomic E-state index is 0.00564. The Kier molecular flexibility index (Phi) is 3.22. The minimum absolute atomic E-state index is 0.00564. The third kappa shape index (κ3) is 3.70. The van der Waals surface area contributed by atoms with Crippen LogP contribution in [0.2, 0.25) is 0 Å². The number of carbonyl (C=O) groups is 1. The van der Waals surface area contributed by atoms with Gasteiger partial charge < -0.3 is 5.32 Å². The second-order valence-electron chi connectivity index (χ2n) is 4.04. The lowest BCUT2D eigenvalue weighted by atomic mass is 10.1. The van der Waals surface area contributed by atoms with Crippen LogP contribution in [0.5, 0.6) is 0 Å². The topological polar surface area (TPSA) is 29.1 Å². The predicted octanol–water partition coefficient (Wildman–Crippen LogP) is 2.32. The summed E-state index contributed by atoms with van der Waals surface area (Å²) in [5, 5.41) is 6.97. The normalized spacial score (nSPS) is 11.6. The molecule has 0 saturated heterocycles. The molecule has 0 aromatic carbocycles. The summed E-state index contributed by atoms with van der Waals surface area (Å²) in [7, 11) is 0. The van der Waals surface area contributed by atoms with E-state index in [-0.39, 0.29) is 11.3 Å². The average Bonchev–Trinajstić information content (AvgIpc) is 2.50. The Morgan fingerprint density at radius 3 is 2.69 bits per heavy atom. The molecule has 0 bridgehead atoms. The third-order valence-electron chi connectivity index (χ3n) is 1.62. The van der Waals surface area contributed by atoms with Gasteiger partial charge in [-0.3, -0.25) is 4.79 Å². The highest BCUT2D eigenvalue weighted by atomic mass is 32.1. The van der Waals surface area contributed by atoms with Crippen LogP contribution in [0.25, 0.3) is 0 Å². The van der Waals surface area contributed by atoms with Crippen molar-refractivity contribution >= 4 is 17.1 Å². The smallest absolute Gasteiger partial charge is 0.177 e. The van der Waals surface area contributed by atoms with Crippen LogP contribution >= 0.6 is 11.3 Å². The number of thiophene rings is 1. The number of Topliss-reactive ketones (excluding diaryl/α,β-unsaturated/α-hetero) is 1. The summed E-state index contributed by atoms with van der Waals surface area (Å²) in [6, 6.07) is 1.86. The van der Waals surface area contributed by atoms with Crippen LogP contribution in [-0.4, -0.2) is 17.9 Å². The van der Waals surface area contributed by atoms with Crippen LogP contribution in [0.1, 0.15) is 31.1 Å². The van der Waals surface area contributed by atoms with Crippen molar-refractivity contribution in [2.75, 3.05) is 6.54 Å². The van der Waals surface area contributed by atoms with E-state index in [2.05, 4.69) is 5.32 Å². The maximum absolute atomic E-state index is 11.5. The van der Waals surface area contributed by atoms with E-state index < -0.39 is 0 Å². The predicted molar refractivity (Wildman–Crippen MR) is 56.4 cm³/mol. The zero-order valence-corrected chi connectivity index (χ0v) is 9.07. The fraction of sp³-hybridized carbons (Fsp3) is 0.500. The molecule has 0 aliphatic heterocycles. The number of ketones is 1. The van der Waals surface area contributed by atoms with E-state index in [1.54, 1.807) is 11.3 Å². The molecule has 0 fully saturated rings. The Bertz CT molecular complexity index is 272. The molecule has 1 aromatic rings. The Hall–Kier alpha value is -0.670. The molecule has 0 unspecified atom stereocenters. The van der Waals surface area contributed by atoms with Crippen molar-refractivity contribution in [2.24, 2.45) is 0 Å². The van der Waals surface area contributed by atoms with Crippen molar-refractivity contribution in [3.63, 3.8) is 0 Å². The van der Waals surface area contributed by atoms with Gasteiger partial charge in [-0.1, -0.05) is 0 Å². The van der Waals surface area contributed by atoms with Crippen LogP contribution in [0, 0.1) is 0 Å². The first-order valence-electron chi connectivity index (χ1n) is 4.29. The summed E-state index contributed by atoms with van der Waals surface area (Å²) in [6.07, 6.45) is 0. The summed E-state index contributed by atoms with van der Waals surface area (Å²) in [5.74, 6) is 0.163.